The zero-order chi connectivity index (χ0) is 13.3. The first-order chi connectivity index (χ1) is 9.40. The first-order valence-corrected chi connectivity index (χ1v) is 6.26. The van der Waals surface area contributed by atoms with Gasteiger partial charge < -0.3 is 14.8 Å². The Labute approximate surface area is 113 Å². The van der Waals surface area contributed by atoms with Gasteiger partial charge >= 0.3 is 0 Å². The van der Waals surface area contributed by atoms with Crippen molar-refractivity contribution in [1.82, 2.24) is 10.3 Å². The van der Waals surface area contributed by atoms with Crippen molar-refractivity contribution in [3.05, 3.63) is 54.2 Å². The first-order valence-electron chi connectivity index (χ1n) is 6.26. The molecule has 2 aromatic rings. The zero-order valence-corrected chi connectivity index (χ0v) is 11.0. The van der Waals surface area contributed by atoms with Gasteiger partial charge in [0.05, 0.1) is 7.11 Å². The molecule has 0 saturated carbocycles. The quantitative estimate of drug-likeness (QED) is 0.774. The van der Waals surface area contributed by atoms with Crippen LogP contribution in [0.1, 0.15) is 5.56 Å². The summed E-state index contributed by atoms with van der Waals surface area (Å²) in [5, 5.41) is 3.30. The van der Waals surface area contributed by atoms with E-state index < -0.39 is 0 Å². The molecule has 0 aliphatic carbocycles. The molecule has 0 aliphatic heterocycles. The zero-order valence-electron chi connectivity index (χ0n) is 11.0. The van der Waals surface area contributed by atoms with Crippen molar-refractivity contribution in [2.45, 2.75) is 6.54 Å². The van der Waals surface area contributed by atoms with E-state index in [9.17, 15) is 0 Å². The number of nitrogens with zero attached hydrogens (tertiary/aromatic N) is 1. The normalized spacial score (nSPS) is 10.2. The molecule has 0 radical (unpaired) electrons. The topological polar surface area (TPSA) is 43.4 Å². The van der Waals surface area contributed by atoms with Crippen molar-refractivity contribution in [2.75, 3.05) is 20.3 Å². The van der Waals surface area contributed by atoms with E-state index in [1.54, 1.807) is 13.3 Å². The lowest BCUT2D eigenvalue weighted by Gasteiger charge is -2.09. The van der Waals surface area contributed by atoms with Crippen LogP contribution in [0.3, 0.4) is 0 Å². The smallest absolute Gasteiger partial charge is 0.217 e. The van der Waals surface area contributed by atoms with E-state index >= 15 is 0 Å². The number of aromatic nitrogens is 1. The lowest BCUT2D eigenvalue weighted by atomic mass is 10.2. The van der Waals surface area contributed by atoms with Crippen LogP contribution in [-0.2, 0) is 6.54 Å². The van der Waals surface area contributed by atoms with Crippen LogP contribution < -0.4 is 14.8 Å². The van der Waals surface area contributed by atoms with Crippen molar-refractivity contribution in [3.8, 4) is 11.6 Å². The standard InChI is InChI=1S/C15H18N2O2/c1-18-15-13(6-5-9-17-15)12-16-10-11-19-14-7-3-2-4-8-14/h2-9,16H,10-12H2,1H3. The lowest BCUT2D eigenvalue weighted by Crippen LogP contribution is -2.21. The maximum absolute atomic E-state index is 5.59. The van der Waals surface area contributed by atoms with Gasteiger partial charge in [-0.15, -0.1) is 0 Å². The van der Waals surface area contributed by atoms with E-state index in [4.69, 9.17) is 9.47 Å². The maximum Gasteiger partial charge on any atom is 0.217 e. The molecule has 1 aromatic heterocycles. The van der Waals surface area contributed by atoms with Crippen LogP contribution in [-0.4, -0.2) is 25.2 Å². The van der Waals surface area contributed by atoms with Crippen LogP contribution in [0.15, 0.2) is 48.7 Å². The van der Waals surface area contributed by atoms with Crippen molar-refractivity contribution in [1.29, 1.82) is 0 Å². The highest BCUT2D eigenvalue weighted by Crippen LogP contribution is 2.12. The van der Waals surface area contributed by atoms with Crippen LogP contribution in [0.2, 0.25) is 0 Å². The summed E-state index contributed by atoms with van der Waals surface area (Å²) in [6, 6.07) is 13.7. The molecule has 4 nitrogen and oxygen atoms in total. The Bertz CT molecular complexity index is 489. The van der Waals surface area contributed by atoms with Gasteiger partial charge in [-0.05, 0) is 18.2 Å². The third-order valence-corrected chi connectivity index (χ3v) is 2.65. The van der Waals surface area contributed by atoms with Gasteiger partial charge in [-0.1, -0.05) is 24.3 Å². The van der Waals surface area contributed by atoms with Gasteiger partial charge in [0.2, 0.25) is 5.88 Å². The predicted molar refractivity (Wildman–Crippen MR) is 74.4 cm³/mol. The molecule has 0 fully saturated rings. The van der Waals surface area contributed by atoms with Crippen LogP contribution in [0.5, 0.6) is 11.6 Å². The number of methoxy groups -OCH3 is 1. The molecule has 4 heteroatoms. The molecule has 2 rings (SSSR count). The van der Waals surface area contributed by atoms with Gasteiger partial charge in [0, 0.05) is 24.8 Å². The molecule has 0 atom stereocenters. The van der Waals surface area contributed by atoms with Crippen molar-refractivity contribution in [2.24, 2.45) is 0 Å². The van der Waals surface area contributed by atoms with Crippen molar-refractivity contribution < 1.29 is 9.47 Å². The summed E-state index contributed by atoms with van der Waals surface area (Å²) in [5.74, 6) is 1.56. The second-order valence-corrected chi connectivity index (χ2v) is 4.01. The van der Waals surface area contributed by atoms with Gasteiger partial charge in [0.15, 0.2) is 0 Å². The Morgan fingerprint density at radius 3 is 2.74 bits per heavy atom. The molecule has 0 bridgehead atoms. The average molecular weight is 258 g/mol. The van der Waals surface area contributed by atoms with E-state index in [2.05, 4.69) is 10.3 Å². The van der Waals surface area contributed by atoms with E-state index in [1.165, 1.54) is 0 Å². The van der Waals surface area contributed by atoms with Gasteiger partial charge in [0.1, 0.15) is 12.4 Å². The Balaban J connectivity index is 1.69. The monoisotopic (exact) mass is 258 g/mol. The van der Waals surface area contributed by atoms with Gasteiger partial charge in [-0.2, -0.15) is 0 Å². The van der Waals surface area contributed by atoms with Crippen molar-refractivity contribution in [3.63, 3.8) is 0 Å². The molecule has 1 aromatic carbocycles. The minimum Gasteiger partial charge on any atom is -0.492 e. The number of benzene rings is 1. The van der Waals surface area contributed by atoms with Gasteiger partial charge in [-0.25, -0.2) is 4.98 Å². The third kappa shape index (κ3) is 4.26. The minimum absolute atomic E-state index is 0.632. The summed E-state index contributed by atoms with van der Waals surface area (Å²) in [5.41, 5.74) is 1.05. The highest BCUT2D eigenvalue weighted by molar-refractivity contribution is 5.25. The van der Waals surface area contributed by atoms with Crippen LogP contribution in [0.4, 0.5) is 0 Å². The molecule has 0 aliphatic rings. The first kappa shape index (κ1) is 13.4. The Morgan fingerprint density at radius 2 is 1.95 bits per heavy atom. The summed E-state index contributed by atoms with van der Waals surface area (Å²) >= 11 is 0. The van der Waals surface area contributed by atoms with Crippen molar-refractivity contribution >= 4 is 0 Å². The molecule has 0 spiro atoms. The Hall–Kier alpha value is -2.07. The van der Waals surface area contributed by atoms with Crippen LogP contribution >= 0.6 is 0 Å². The second-order valence-electron chi connectivity index (χ2n) is 4.01. The molecule has 0 amide bonds. The molecule has 0 saturated heterocycles. The fourth-order valence-corrected chi connectivity index (χ4v) is 1.72. The number of pyridine rings is 1. The van der Waals surface area contributed by atoms with Gasteiger partial charge in [0.25, 0.3) is 0 Å². The maximum atomic E-state index is 5.59. The molecule has 19 heavy (non-hydrogen) atoms. The Morgan fingerprint density at radius 1 is 1.11 bits per heavy atom. The number of para-hydroxylation sites is 1. The molecule has 100 valence electrons. The number of ether oxygens (including phenoxy) is 2. The van der Waals surface area contributed by atoms with E-state index in [-0.39, 0.29) is 0 Å². The lowest BCUT2D eigenvalue weighted by molar-refractivity contribution is 0.312. The largest absolute Gasteiger partial charge is 0.492 e. The fourth-order valence-electron chi connectivity index (χ4n) is 1.72. The summed E-state index contributed by atoms with van der Waals surface area (Å²) in [6.45, 7) is 2.12. The number of hydrogen-bond donors (Lipinski definition) is 1. The van der Waals surface area contributed by atoms with Crippen LogP contribution in [0.25, 0.3) is 0 Å². The SMILES string of the molecule is COc1ncccc1CNCCOc1ccccc1. The molecular weight excluding hydrogens is 240 g/mol. The highest BCUT2D eigenvalue weighted by atomic mass is 16.5. The van der Waals surface area contributed by atoms with E-state index in [0.29, 0.717) is 12.5 Å². The molecule has 0 unspecified atom stereocenters. The van der Waals surface area contributed by atoms with Gasteiger partial charge in [-0.3, -0.25) is 0 Å². The highest BCUT2D eigenvalue weighted by Gasteiger charge is 2.01. The molecule has 1 N–H and O–H groups in total. The Kier molecular flexibility index (Phi) is 5.19. The molecular formula is C15H18N2O2. The number of hydrogen-bond acceptors (Lipinski definition) is 4. The molecule has 1 heterocycles. The number of rotatable bonds is 7. The summed E-state index contributed by atoms with van der Waals surface area (Å²) in [6.07, 6.45) is 1.72. The second kappa shape index (κ2) is 7.38. The average Bonchev–Trinajstić information content (AvgIpc) is 2.48. The third-order valence-electron chi connectivity index (χ3n) is 2.65. The van der Waals surface area contributed by atoms with E-state index in [0.717, 1.165) is 24.4 Å². The minimum atomic E-state index is 0.632. The summed E-state index contributed by atoms with van der Waals surface area (Å²) in [4.78, 5) is 4.15. The van der Waals surface area contributed by atoms with E-state index in [1.807, 2.05) is 42.5 Å². The number of nitrogens with one attached hydrogen (secondary N) is 1. The summed E-state index contributed by atoms with van der Waals surface area (Å²) < 4.78 is 10.8. The summed E-state index contributed by atoms with van der Waals surface area (Å²) in [7, 11) is 1.63. The van der Waals surface area contributed by atoms with Crippen LogP contribution in [0, 0.1) is 0 Å². The predicted octanol–water partition coefficient (Wildman–Crippen LogP) is 2.26. The fraction of sp³-hybridized carbons (Fsp3) is 0.267.